The van der Waals surface area contributed by atoms with Crippen LogP contribution in [0.15, 0.2) is 0 Å². The van der Waals surface area contributed by atoms with Gasteiger partial charge in [-0.2, -0.15) is 17.7 Å². The van der Waals surface area contributed by atoms with E-state index in [1.807, 2.05) is 0 Å². The van der Waals surface area contributed by atoms with Gasteiger partial charge >= 0.3 is 17.9 Å². The fourth-order valence-electron chi connectivity index (χ4n) is 14.0. The Balaban J connectivity index is 2.38. The molecule has 0 bridgehead atoms. The van der Waals surface area contributed by atoms with Crippen molar-refractivity contribution in [3.63, 3.8) is 0 Å². The number of nitrogens with zero attached hydrogens (tertiary/aromatic N) is 1. The van der Waals surface area contributed by atoms with Crippen molar-refractivity contribution in [1.82, 2.24) is 31.6 Å². The number of methoxy groups -OCH3 is 4. The molecule has 122 heavy (non-hydrogen) atoms. The molecule has 3 aliphatic heterocycles. The second-order valence-electron chi connectivity index (χ2n) is 29.1. The van der Waals surface area contributed by atoms with Gasteiger partial charge in [0.15, 0.2) is 25.1 Å². The molecule has 3 aliphatic rings. The van der Waals surface area contributed by atoms with Crippen molar-refractivity contribution in [2.45, 2.75) is 293 Å². The molecule has 712 valence electrons. The summed E-state index contributed by atoms with van der Waals surface area (Å²) in [5.74, 6) is -21.0. The number of aliphatic carboxylic acids is 3. The number of hydrogen-bond acceptors (Lipinski definition) is 44. The van der Waals surface area contributed by atoms with Gasteiger partial charge in [-0.3, -0.25) is 28.8 Å². The monoisotopic (exact) mass is 1800 g/mol. The molecule has 19 unspecified atom stereocenters. The lowest BCUT2D eigenvalue weighted by Crippen LogP contribution is -2.71. The minimum atomic E-state index is -3.64. The number of likely N-dealkylation sites (N-methyl/N-ethyl adjacent to an activating group) is 1. The molecule has 3 saturated heterocycles. The Bertz CT molecular complexity index is 3140. The molecule has 5 amide bonds. The third-order valence-corrected chi connectivity index (χ3v) is 20.3. The highest BCUT2D eigenvalue weighted by Gasteiger charge is 2.63. The van der Waals surface area contributed by atoms with Crippen molar-refractivity contribution >= 4 is 60.1 Å². The maximum atomic E-state index is 14.0. The number of aliphatic hydroxyl groups is 20. The van der Waals surface area contributed by atoms with Gasteiger partial charge < -0.3 is 206 Å². The first-order valence-electron chi connectivity index (χ1n) is 38.7. The zero-order chi connectivity index (χ0) is 92.6. The number of hydrogen-bond donors (Lipinski definition) is 29. The Kier molecular flexibility index (Phi) is 48.6. The van der Waals surface area contributed by atoms with E-state index in [1.165, 1.54) is 7.05 Å². The van der Waals surface area contributed by atoms with Gasteiger partial charge in [-0.1, -0.05) is 0 Å². The Morgan fingerprint density at radius 3 is 1.38 bits per heavy atom. The average molecular weight is 1800 g/mol. The number of carboxylic acid groups (broad SMARTS) is 3. The molecule has 3 heterocycles. The number of nitrogens with one attached hydrogen (secondary N) is 5. The summed E-state index contributed by atoms with van der Waals surface area (Å²) in [6, 6.07) is -7.75. The summed E-state index contributed by atoms with van der Waals surface area (Å²) in [6.45, 7) is -4.58. The molecule has 0 spiro atoms. The minimum Gasteiger partial charge on any atom is -0.477 e. The first kappa shape index (κ1) is 111. The second kappa shape index (κ2) is 53.5. The van der Waals surface area contributed by atoms with Crippen molar-refractivity contribution in [3.05, 3.63) is 0 Å². The van der Waals surface area contributed by atoms with Crippen LogP contribution in [0.25, 0.3) is 0 Å². The standard InChI is InChI=1S/C70H126N6O45S/c1-30(84)72-46-37(91)24-68(65(102)103,116-43(46)23-34(88)27-81)119-58(55(101)63(110-8)113-41(14-19-79)51(97)53(99)61(108-6)76(5)112-21-16-71-45(95)11-10-22-122)42(15-20-80)114-62(109-7)49(75-33(4)87)56(35(89)12-17-77)115-64(111-9)54(100)57(36(90)13-18-78)118-70(67(106)107)26-39(93)48(74-32(3)86)60(121-70)52(98)44(29-83)117-69(66(104)105)25-38(92)47(73-31(2)85)59(120-69)50(96)40(94)28-82/h34-44,46-64,77-83,88-94,96-101,122H,10-29H2,1-9H3,(H,71,95)(H,72,84)(H,73,85)(H,74,86)(H,75,87)(H,102,103)(H,104,105)(H,106,107)/t34-,35?,36?,37?,38?,39?,40+,41+,42?,43-,44+,46+,47+,48+,49-,50?,51?,52?,53?,54?,55?,56?,57?,58?,59?,60?,61+,62?,63?,64-,68-,69+,70+/m0/s1. The molecule has 0 aromatic rings. The van der Waals surface area contributed by atoms with Crippen LogP contribution >= 0.6 is 12.6 Å². The van der Waals surface area contributed by atoms with Crippen LogP contribution in [0.5, 0.6) is 0 Å². The van der Waals surface area contributed by atoms with Gasteiger partial charge in [0.2, 0.25) is 29.5 Å². The van der Waals surface area contributed by atoms with Crippen molar-refractivity contribution < 1.29 is 222 Å². The van der Waals surface area contributed by atoms with Gasteiger partial charge in [-0.05, 0) is 37.9 Å². The maximum Gasteiger partial charge on any atom is 0.364 e. The lowest BCUT2D eigenvalue weighted by molar-refractivity contribution is -0.360. The first-order chi connectivity index (χ1) is 57.4. The van der Waals surface area contributed by atoms with Gasteiger partial charge in [0.05, 0.1) is 99.5 Å². The number of carbonyl (C=O) groups is 8. The molecule has 0 radical (unpaired) electrons. The van der Waals surface area contributed by atoms with Crippen LogP contribution in [0.3, 0.4) is 0 Å². The highest BCUT2D eigenvalue weighted by molar-refractivity contribution is 7.80. The van der Waals surface area contributed by atoms with Gasteiger partial charge in [0.25, 0.3) is 17.4 Å². The summed E-state index contributed by atoms with van der Waals surface area (Å²) in [6.07, 6.45) is -67.8. The summed E-state index contributed by atoms with van der Waals surface area (Å²) in [5, 5.41) is 271. The smallest absolute Gasteiger partial charge is 0.364 e. The molecule has 0 aromatic heterocycles. The minimum absolute atomic E-state index is 0.0542. The lowest BCUT2D eigenvalue weighted by atomic mass is 9.87. The fraction of sp³-hybridized carbons (Fsp3) is 0.886. The number of carbonyl (C=O) groups excluding carboxylic acids is 5. The van der Waals surface area contributed by atoms with E-state index in [4.69, 9.17) is 66.4 Å². The van der Waals surface area contributed by atoms with E-state index in [2.05, 4.69) is 39.2 Å². The van der Waals surface area contributed by atoms with E-state index in [1.54, 1.807) is 0 Å². The van der Waals surface area contributed by atoms with E-state index >= 15 is 0 Å². The normalized spacial score (nSPS) is 28.6. The highest BCUT2D eigenvalue weighted by atomic mass is 32.1. The Labute approximate surface area is 705 Å². The number of rotatable bonds is 60. The third kappa shape index (κ3) is 31.0. The van der Waals surface area contributed by atoms with Crippen LogP contribution in [0.4, 0.5) is 0 Å². The van der Waals surface area contributed by atoms with Gasteiger partial charge in [-0.25, -0.2) is 14.4 Å². The average Bonchev–Trinajstić information content (AvgIpc) is 0.758. The van der Waals surface area contributed by atoms with E-state index < -0.39 is 340 Å². The molecule has 52 heteroatoms. The van der Waals surface area contributed by atoms with E-state index in [9.17, 15) is 156 Å². The topological polar surface area (TPSA) is 794 Å². The predicted molar refractivity (Wildman–Crippen MR) is 403 cm³/mol. The van der Waals surface area contributed by atoms with Crippen molar-refractivity contribution in [3.8, 4) is 0 Å². The van der Waals surface area contributed by atoms with Gasteiger partial charge in [0, 0.05) is 128 Å². The summed E-state index contributed by atoms with van der Waals surface area (Å²) in [5.41, 5.74) is 0. The van der Waals surface area contributed by atoms with Crippen LogP contribution in [-0.4, -0.2) is 472 Å². The quantitative estimate of drug-likeness (QED) is 0.0116. The molecule has 51 nitrogen and oxygen atoms in total. The SMILES string of the molecule is COC(O[C@H](CCO)C(O)C(O)[C@@H](OC)N(C)OCCNC(=O)CCCS)C(O)C(O[C@]1(C(=O)O)CC(O)[C@@H](NC(C)=O)[C@H](C[C@H](O)CO)O1)C(CCO)OC(OC)[C@@H](NC(C)=O)C(O[C@H](OC)C(O)C(O[C@]1(C(=O)O)CC(O)[C@@H](NC(C)=O)C(C(O)[C@@H](CO)O[C@]2(C(=O)O)CC(O)[C@@H](NC(C)=O)C(C(O)[C@H](O)CO)O2)O1)C(O)CCO)C(O)CCO. The van der Waals surface area contributed by atoms with Crippen LogP contribution in [-0.2, 0) is 105 Å². The van der Waals surface area contributed by atoms with Crippen LogP contribution in [0, 0.1) is 0 Å². The fourth-order valence-corrected chi connectivity index (χ4v) is 14.2. The van der Waals surface area contributed by atoms with Crippen molar-refractivity contribution in [1.29, 1.82) is 0 Å². The predicted octanol–water partition coefficient (Wildman–Crippen LogP) is -13.8. The lowest BCUT2D eigenvalue weighted by Gasteiger charge is -2.50. The van der Waals surface area contributed by atoms with Crippen molar-refractivity contribution in [2.24, 2.45) is 0 Å². The molecule has 33 atom stereocenters. The first-order valence-corrected chi connectivity index (χ1v) is 39.3. The molecular formula is C70H126N6O45S. The Morgan fingerprint density at radius 1 is 0.484 bits per heavy atom. The van der Waals surface area contributed by atoms with Crippen LogP contribution in [0.2, 0.25) is 0 Å². The Morgan fingerprint density at radius 2 is 0.926 bits per heavy atom. The summed E-state index contributed by atoms with van der Waals surface area (Å²) < 4.78 is 76.5. The van der Waals surface area contributed by atoms with Crippen LogP contribution in [0.1, 0.15) is 91.9 Å². The molecular weight excluding hydrogens is 1680 g/mol. The Hall–Kier alpha value is -5.29. The largest absolute Gasteiger partial charge is 0.477 e. The molecule has 3 fully saturated rings. The van der Waals surface area contributed by atoms with Crippen molar-refractivity contribution in [2.75, 3.05) is 101 Å². The zero-order valence-corrected chi connectivity index (χ0v) is 69.5. The van der Waals surface area contributed by atoms with Crippen LogP contribution < -0.4 is 26.6 Å². The van der Waals surface area contributed by atoms with E-state index in [0.717, 1.165) is 61.2 Å². The molecule has 3 rings (SSSR count). The number of ether oxygens (including phenoxy) is 13. The zero-order valence-electron chi connectivity index (χ0n) is 68.6. The van der Waals surface area contributed by atoms with Gasteiger partial charge in [0.1, 0.15) is 85.4 Å². The third-order valence-electron chi connectivity index (χ3n) is 20.0. The summed E-state index contributed by atoms with van der Waals surface area (Å²) in [7, 11) is 4.77. The van der Waals surface area contributed by atoms with E-state index in [0.29, 0.717) is 12.2 Å². The van der Waals surface area contributed by atoms with E-state index in [-0.39, 0.29) is 25.5 Å². The molecule has 0 saturated carbocycles. The number of aliphatic hydroxyl groups excluding tert-OH is 20. The maximum absolute atomic E-state index is 14.0. The second-order valence-corrected chi connectivity index (χ2v) is 29.6. The summed E-state index contributed by atoms with van der Waals surface area (Å²) in [4.78, 5) is 110. The molecule has 0 aliphatic carbocycles. The van der Waals surface area contributed by atoms with Gasteiger partial charge in [-0.15, -0.1) is 0 Å². The summed E-state index contributed by atoms with van der Waals surface area (Å²) >= 11 is 4.08. The molecule has 28 N–H and O–H groups in total. The number of thiol groups is 1. The number of carboxylic acids is 3. The highest BCUT2D eigenvalue weighted by Crippen LogP contribution is 2.42. The number of amides is 5. The number of hydroxylamine groups is 2. The molecule has 0 aromatic carbocycles.